The van der Waals surface area contributed by atoms with E-state index < -0.39 is 31.6 Å². The minimum atomic E-state index is -4.76. The number of hydrogen-bond donors (Lipinski definition) is 0. The number of halogens is 1. The van der Waals surface area contributed by atoms with Gasteiger partial charge in [-0.25, -0.2) is 21.2 Å². The molecule has 3 aromatic carbocycles. The smallest absolute Gasteiger partial charge is 0.277 e. The Bertz CT molecular complexity index is 1370. The van der Waals surface area contributed by atoms with Gasteiger partial charge in [0, 0.05) is 5.57 Å². The summed E-state index contributed by atoms with van der Waals surface area (Å²) < 4.78 is 68.5. The molecule has 34 heavy (non-hydrogen) atoms. The van der Waals surface area contributed by atoms with Gasteiger partial charge in [-0.1, -0.05) is 60.2 Å². The maximum Gasteiger partial charge on any atom is 0.277 e. The zero-order valence-electron chi connectivity index (χ0n) is 18.4. The summed E-state index contributed by atoms with van der Waals surface area (Å²) in [6, 6.07) is 18.9. The number of benzene rings is 3. The van der Waals surface area contributed by atoms with Crippen LogP contribution in [-0.4, -0.2) is 26.8 Å². The Morgan fingerprint density at radius 1 is 0.735 bits per heavy atom. The summed E-state index contributed by atoms with van der Waals surface area (Å²) in [5.41, 5.74) is 0.309. The summed E-state index contributed by atoms with van der Waals surface area (Å²) in [4.78, 5) is 11.8. The van der Waals surface area contributed by atoms with Crippen LogP contribution in [0.5, 0.6) is 0 Å². The van der Waals surface area contributed by atoms with Crippen molar-refractivity contribution in [3.63, 3.8) is 0 Å². The Morgan fingerprint density at radius 3 is 1.56 bits per heavy atom. The van der Waals surface area contributed by atoms with E-state index in [0.717, 1.165) is 12.1 Å². The number of nitrogens with zero attached hydrogens (tertiary/aromatic N) is 1. The molecule has 6 nitrogen and oxygen atoms in total. The topological polar surface area (TPSA) is 88.6 Å². The van der Waals surface area contributed by atoms with E-state index in [2.05, 4.69) is 0 Å². The molecule has 0 unspecified atom stereocenters. The van der Waals surface area contributed by atoms with E-state index in [9.17, 15) is 26.0 Å². The van der Waals surface area contributed by atoms with Crippen molar-refractivity contribution >= 4 is 31.9 Å². The Labute approximate surface area is 198 Å². The molecule has 176 valence electrons. The molecule has 0 saturated heterocycles. The van der Waals surface area contributed by atoms with Gasteiger partial charge < -0.3 is 0 Å². The molecule has 3 aromatic rings. The lowest BCUT2D eigenvalue weighted by molar-refractivity contribution is -0.105. The molecule has 0 aliphatic carbocycles. The SMILES string of the molecule is CC(C)=C/C(=C(/C=O)N(S(=O)(=O)c1ccccc1)S(=O)(=O)c1ccccc1)c1ccc(F)cc1. The molecule has 3 rings (SSSR count). The van der Waals surface area contributed by atoms with Gasteiger partial charge in [-0.15, -0.1) is 0 Å². The molecule has 0 spiro atoms. The van der Waals surface area contributed by atoms with Crippen LogP contribution in [-0.2, 0) is 24.8 Å². The fourth-order valence-corrected chi connectivity index (χ4v) is 6.93. The van der Waals surface area contributed by atoms with Gasteiger partial charge in [-0.05, 0) is 55.8 Å². The first-order valence-corrected chi connectivity index (χ1v) is 13.0. The lowest BCUT2D eigenvalue weighted by Crippen LogP contribution is -2.37. The molecule has 0 bridgehead atoms. The van der Waals surface area contributed by atoms with Crippen LogP contribution in [0.2, 0.25) is 0 Å². The van der Waals surface area contributed by atoms with Crippen LogP contribution in [0.4, 0.5) is 4.39 Å². The number of aldehydes is 1. The van der Waals surface area contributed by atoms with Gasteiger partial charge in [0.2, 0.25) is 0 Å². The highest BCUT2D eigenvalue weighted by atomic mass is 32.3. The number of carbonyl (C=O) groups excluding carboxylic acids is 1. The predicted octanol–water partition coefficient (Wildman–Crippen LogP) is 4.78. The van der Waals surface area contributed by atoms with Crippen LogP contribution in [0, 0.1) is 5.82 Å². The van der Waals surface area contributed by atoms with Gasteiger partial charge in [0.25, 0.3) is 20.0 Å². The van der Waals surface area contributed by atoms with Crippen molar-refractivity contribution in [3.8, 4) is 0 Å². The van der Waals surface area contributed by atoms with E-state index in [1.54, 1.807) is 26.0 Å². The van der Waals surface area contributed by atoms with Crippen molar-refractivity contribution in [3.05, 3.63) is 114 Å². The zero-order valence-corrected chi connectivity index (χ0v) is 20.1. The monoisotopic (exact) mass is 499 g/mol. The molecule has 0 aromatic heterocycles. The van der Waals surface area contributed by atoms with Gasteiger partial charge in [0.1, 0.15) is 11.5 Å². The van der Waals surface area contributed by atoms with Crippen LogP contribution in [0.3, 0.4) is 0 Å². The van der Waals surface area contributed by atoms with E-state index in [0.29, 0.717) is 5.57 Å². The van der Waals surface area contributed by atoms with Gasteiger partial charge in [0.05, 0.1) is 9.79 Å². The first-order valence-electron chi connectivity index (χ1n) is 10.1. The third kappa shape index (κ3) is 5.16. The van der Waals surface area contributed by atoms with Crippen LogP contribution in [0.15, 0.2) is 112 Å². The fraction of sp³-hybridized carbons (Fsp3) is 0.0800. The third-order valence-electron chi connectivity index (χ3n) is 4.69. The molecule has 0 heterocycles. The van der Waals surface area contributed by atoms with Crippen molar-refractivity contribution in [2.24, 2.45) is 0 Å². The molecule has 0 aliphatic heterocycles. The normalized spacial score (nSPS) is 12.4. The van der Waals surface area contributed by atoms with E-state index >= 15 is 0 Å². The van der Waals surface area contributed by atoms with Gasteiger partial charge in [-0.3, -0.25) is 4.79 Å². The van der Waals surface area contributed by atoms with E-state index in [1.165, 1.54) is 66.7 Å². The highest BCUT2D eigenvalue weighted by molar-refractivity contribution is 8.04. The molecule has 0 radical (unpaired) electrons. The average Bonchev–Trinajstić information content (AvgIpc) is 2.82. The van der Waals surface area contributed by atoms with Crippen molar-refractivity contribution in [1.82, 2.24) is 3.71 Å². The third-order valence-corrected chi connectivity index (χ3v) is 8.87. The highest BCUT2D eigenvalue weighted by Crippen LogP contribution is 2.33. The predicted molar refractivity (Wildman–Crippen MR) is 128 cm³/mol. The van der Waals surface area contributed by atoms with Crippen molar-refractivity contribution in [1.29, 1.82) is 0 Å². The second-order valence-corrected chi connectivity index (χ2v) is 11.3. The molecule has 0 saturated carbocycles. The summed E-state index contributed by atoms with van der Waals surface area (Å²) in [6.07, 6.45) is 1.66. The van der Waals surface area contributed by atoms with Crippen LogP contribution < -0.4 is 0 Å². The fourth-order valence-electron chi connectivity index (χ4n) is 3.19. The van der Waals surface area contributed by atoms with Crippen molar-refractivity contribution in [2.75, 3.05) is 0 Å². The largest absolute Gasteiger partial charge is 0.296 e. The van der Waals surface area contributed by atoms with E-state index in [-0.39, 0.29) is 30.9 Å². The molecular formula is C25H22FNO5S2. The average molecular weight is 500 g/mol. The second kappa shape index (κ2) is 10.1. The summed E-state index contributed by atoms with van der Waals surface area (Å²) in [7, 11) is -9.52. The molecule has 0 amide bonds. The summed E-state index contributed by atoms with van der Waals surface area (Å²) in [5.74, 6) is -0.543. The highest BCUT2D eigenvalue weighted by Gasteiger charge is 2.39. The minimum absolute atomic E-state index is 0.00834. The summed E-state index contributed by atoms with van der Waals surface area (Å²) >= 11 is 0. The maximum absolute atomic E-state index is 13.7. The molecule has 0 atom stereocenters. The molecule has 0 fully saturated rings. The number of allylic oxidation sites excluding steroid dienone is 4. The summed E-state index contributed by atoms with van der Waals surface area (Å²) in [5, 5.41) is 0. The number of sulfonamides is 2. The lowest BCUT2D eigenvalue weighted by Gasteiger charge is -2.25. The van der Waals surface area contributed by atoms with E-state index in [4.69, 9.17) is 0 Å². The quantitative estimate of drug-likeness (QED) is 0.253. The Balaban J connectivity index is 2.45. The first-order chi connectivity index (χ1) is 16.1. The van der Waals surface area contributed by atoms with Crippen molar-refractivity contribution in [2.45, 2.75) is 23.6 Å². The van der Waals surface area contributed by atoms with Crippen LogP contribution in [0.25, 0.3) is 5.57 Å². The maximum atomic E-state index is 13.7. The van der Waals surface area contributed by atoms with Gasteiger partial charge >= 0.3 is 0 Å². The van der Waals surface area contributed by atoms with Crippen LogP contribution in [0.1, 0.15) is 19.4 Å². The van der Waals surface area contributed by atoms with Crippen LogP contribution >= 0.6 is 0 Å². The number of rotatable bonds is 8. The Hall–Kier alpha value is -3.56. The number of carbonyl (C=O) groups is 1. The standard InChI is InChI=1S/C25H22FNO5S2/c1-19(2)17-24(20-13-15-21(26)16-14-20)25(18-28)27(33(29,30)22-9-5-3-6-10-22)34(31,32)23-11-7-4-8-12-23/h3-18H,1-2H3/b25-24+. The molecule has 0 aliphatic rings. The Morgan fingerprint density at radius 2 is 1.18 bits per heavy atom. The summed E-state index contributed by atoms with van der Waals surface area (Å²) in [6.45, 7) is 3.40. The first kappa shape index (κ1) is 25.1. The number of hydrogen-bond acceptors (Lipinski definition) is 5. The Kier molecular flexibility index (Phi) is 7.48. The lowest BCUT2D eigenvalue weighted by atomic mass is 10.0. The van der Waals surface area contributed by atoms with E-state index in [1.807, 2.05) is 0 Å². The zero-order chi connectivity index (χ0) is 24.9. The molecular weight excluding hydrogens is 477 g/mol. The molecule has 0 N–H and O–H groups in total. The van der Waals surface area contributed by atoms with Gasteiger partial charge in [0.15, 0.2) is 6.29 Å². The minimum Gasteiger partial charge on any atom is -0.296 e. The second-order valence-electron chi connectivity index (χ2n) is 7.48. The van der Waals surface area contributed by atoms with Crippen molar-refractivity contribution < 1.29 is 26.0 Å². The van der Waals surface area contributed by atoms with Gasteiger partial charge in [-0.2, -0.15) is 3.71 Å². The molecule has 9 heteroatoms.